The Balaban J connectivity index is 1.86. The van der Waals surface area contributed by atoms with E-state index in [0.29, 0.717) is 23.1 Å². The predicted octanol–water partition coefficient (Wildman–Crippen LogP) is 5.81. The van der Waals surface area contributed by atoms with Gasteiger partial charge in [0.05, 0.1) is 16.0 Å². The molecular weight excluding hydrogens is 390 g/mol. The van der Waals surface area contributed by atoms with Crippen LogP contribution in [0.1, 0.15) is 36.8 Å². The Hall–Kier alpha value is -2.11. The van der Waals surface area contributed by atoms with E-state index < -0.39 is 0 Å². The Kier molecular flexibility index (Phi) is 5.56. The molecule has 4 rings (SSSR count). The summed E-state index contributed by atoms with van der Waals surface area (Å²) in [5.41, 5.74) is 4.13. The van der Waals surface area contributed by atoms with Crippen LogP contribution < -0.4 is 0 Å². The molecule has 1 aromatic heterocycles. The molecule has 0 N–H and O–H groups in total. The number of carbonyl (C=O) groups excluding carboxylic acids is 1. The summed E-state index contributed by atoms with van der Waals surface area (Å²) in [5.74, 6) is 1.01. The van der Waals surface area contributed by atoms with Gasteiger partial charge in [0.1, 0.15) is 5.78 Å². The van der Waals surface area contributed by atoms with Crippen molar-refractivity contribution in [2.75, 3.05) is 0 Å². The van der Waals surface area contributed by atoms with Crippen LogP contribution in [0, 0.1) is 13.8 Å². The van der Waals surface area contributed by atoms with E-state index in [2.05, 4.69) is 46.8 Å². The van der Waals surface area contributed by atoms with Crippen molar-refractivity contribution in [3.63, 3.8) is 0 Å². The number of benzene rings is 2. The van der Waals surface area contributed by atoms with Crippen LogP contribution in [0.5, 0.6) is 0 Å². The van der Waals surface area contributed by atoms with Crippen molar-refractivity contribution < 1.29 is 4.79 Å². The van der Waals surface area contributed by atoms with Crippen LogP contribution in [0.4, 0.5) is 0 Å². The van der Waals surface area contributed by atoms with E-state index in [1.54, 1.807) is 0 Å². The number of halogens is 1. The normalized spacial score (nSPS) is 17.1. The highest BCUT2D eigenvalue weighted by Gasteiger charge is 2.27. The second-order valence-electron chi connectivity index (χ2n) is 7.23. The summed E-state index contributed by atoms with van der Waals surface area (Å²) in [6.07, 6.45) is 3.63. The first-order valence-corrected chi connectivity index (χ1v) is 10.8. The molecular formula is C22H22ClN3OS. The molecule has 0 spiro atoms. The Morgan fingerprint density at radius 3 is 2.71 bits per heavy atom. The van der Waals surface area contributed by atoms with Gasteiger partial charge in [0.25, 0.3) is 0 Å². The lowest BCUT2D eigenvalue weighted by molar-refractivity contribution is -0.119. The molecule has 1 aliphatic carbocycles. The molecule has 0 amide bonds. The van der Waals surface area contributed by atoms with Crippen molar-refractivity contribution in [1.82, 2.24) is 14.8 Å². The van der Waals surface area contributed by atoms with Crippen molar-refractivity contribution in [3.8, 4) is 17.1 Å². The third kappa shape index (κ3) is 3.74. The zero-order valence-electron chi connectivity index (χ0n) is 16.0. The highest BCUT2D eigenvalue weighted by molar-refractivity contribution is 8.00. The van der Waals surface area contributed by atoms with Gasteiger partial charge in [-0.15, -0.1) is 10.2 Å². The lowest BCUT2D eigenvalue weighted by atomic mass is 9.99. The summed E-state index contributed by atoms with van der Waals surface area (Å²) >= 11 is 8.00. The molecule has 28 heavy (non-hydrogen) atoms. The van der Waals surface area contributed by atoms with Gasteiger partial charge >= 0.3 is 0 Å². The minimum absolute atomic E-state index is 0.0547. The van der Waals surface area contributed by atoms with Gasteiger partial charge in [-0.1, -0.05) is 54.0 Å². The quantitative estimate of drug-likeness (QED) is 0.543. The topological polar surface area (TPSA) is 47.8 Å². The maximum absolute atomic E-state index is 12.4. The third-order valence-electron chi connectivity index (χ3n) is 5.10. The lowest BCUT2D eigenvalue weighted by Gasteiger charge is -2.20. The molecule has 1 heterocycles. The van der Waals surface area contributed by atoms with Crippen LogP contribution in [0.3, 0.4) is 0 Å². The van der Waals surface area contributed by atoms with E-state index in [4.69, 9.17) is 11.6 Å². The SMILES string of the molecule is Cc1ccc(C)c(-n2c(S[C@@H]3CCCCC3=O)nnc2-c2ccccc2Cl)c1. The molecule has 1 fully saturated rings. The number of hydrogen-bond donors (Lipinski definition) is 0. The minimum Gasteiger partial charge on any atom is -0.298 e. The molecule has 6 heteroatoms. The number of rotatable bonds is 4. The van der Waals surface area contributed by atoms with E-state index >= 15 is 0 Å². The summed E-state index contributed by atoms with van der Waals surface area (Å²) in [4.78, 5) is 12.4. The van der Waals surface area contributed by atoms with Gasteiger partial charge in [-0.3, -0.25) is 9.36 Å². The number of thioether (sulfide) groups is 1. The molecule has 0 bridgehead atoms. The molecule has 4 nitrogen and oxygen atoms in total. The zero-order chi connectivity index (χ0) is 19.7. The van der Waals surface area contributed by atoms with Gasteiger partial charge in [0, 0.05) is 12.0 Å². The molecule has 0 unspecified atom stereocenters. The summed E-state index contributed by atoms with van der Waals surface area (Å²) in [5, 5.41) is 10.3. The summed E-state index contributed by atoms with van der Waals surface area (Å²) < 4.78 is 2.05. The lowest BCUT2D eigenvalue weighted by Crippen LogP contribution is -2.21. The van der Waals surface area contributed by atoms with E-state index in [1.807, 2.05) is 24.3 Å². The van der Waals surface area contributed by atoms with Gasteiger partial charge < -0.3 is 0 Å². The third-order valence-corrected chi connectivity index (χ3v) is 6.69. The Labute approximate surface area is 174 Å². The standard InChI is InChI=1S/C22H22ClN3OS/c1-14-11-12-15(2)18(13-14)26-21(16-7-3-4-8-17(16)23)24-25-22(26)28-20-10-6-5-9-19(20)27/h3-4,7-8,11-13,20H,5-6,9-10H2,1-2H3/t20-/m1/s1. The minimum atomic E-state index is -0.0547. The number of nitrogens with zero attached hydrogens (tertiary/aromatic N) is 3. The molecule has 0 radical (unpaired) electrons. The monoisotopic (exact) mass is 411 g/mol. The molecule has 1 aliphatic rings. The van der Waals surface area contributed by atoms with Gasteiger partial charge in [-0.2, -0.15) is 0 Å². The molecule has 144 valence electrons. The predicted molar refractivity (Wildman–Crippen MR) is 114 cm³/mol. The first-order valence-electron chi connectivity index (χ1n) is 9.52. The van der Waals surface area contributed by atoms with Gasteiger partial charge in [0.15, 0.2) is 11.0 Å². The van der Waals surface area contributed by atoms with Crippen LogP contribution >= 0.6 is 23.4 Å². The second kappa shape index (κ2) is 8.10. The highest BCUT2D eigenvalue weighted by Crippen LogP contribution is 2.36. The summed E-state index contributed by atoms with van der Waals surface area (Å²) in [7, 11) is 0. The van der Waals surface area contributed by atoms with E-state index in [-0.39, 0.29) is 5.25 Å². The van der Waals surface area contributed by atoms with Crippen molar-refractivity contribution in [1.29, 1.82) is 0 Å². The molecule has 2 aromatic carbocycles. The van der Waals surface area contributed by atoms with Crippen molar-refractivity contribution in [2.24, 2.45) is 0 Å². The van der Waals surface area contributed by atoms with Crippen LogP contribution in [0.2, 0.25) is 5.02 Å². The molecule has 3 aromatic rings. The summed E-state index contributed by atoms with van der Waals surface area (Å²) in [6.45, 7) is 4.14. The van der Waals surface area contributed by atoms with Crippen molar-refractivity contribution >= 4 is 29.1 Å². The number of aryl methyl sites for hydroxylation is 2. The smallest absolute Gasteiger partial charge is 0.196 e. The zero-order valence-corrected chi connectivity index (χ0v) is 17.6. The van der Waals surface area contributed by atoms with E-state index in [0.717, 1.165) is 46.8 Å². The number of ketones is 1. The number of aromatic nitrogens is 3. The number of Topliss-reactive ketones (excluding diaryl/α,β-unsaturated/α-hetero) is 1. The average molecular weight is 412 g/mol. The Morgan fingerprint density at radius 2 is 1.93 bits per heavy atom. The van der Waals surface area contributed by atoms with E-state index in [9.17, 15) is 4.79 Å². The number of hydrogen-bond acceptors (Lipinski definition) is 4. The van der Waals surface area contributed by atoms with Crippen LogP contribution in [-0.2, 0) is 4.79 Å². The summed E-state index contributed by atoms with van der Waals surface area (Å²) in [6, 6.07) is 14.0. The number of carbonyl (C=O) groups is 1. The Bertz CT molecular complexity index is 1030. The second-order valence-corrected chi connectivity index (χ2v) is 8.81. The van der Waals surface area contributed by atoms with Crippen LogP contribution in [-0.4, -0.2) is 25.8 Å². The molecule has 1 atom stereocenters. The van der Waals surface area contributed by atoms with Crippen LogP contribution in [0.15, 0.2) is 47.6 Å². The average Bonchev–Trinajstić information content (AvgIpc) is 3.09. The van der Waals surface area contributed by atoms with E-state index in [1.165, 1.54) is 11.8 Å². The molecule has 0 saturated heterocycles. The fraction of sp³-hybridized carbons (Fsp3) is 0.318. The Morgan fingerprint density at radius 1 is 1.11 bits per heavy atom. The molecule has 1 saturated carbocycles. The molecule has 0 aliphatic heterocycles. The van der Waals surface area contributed by atoms with Crippen molar-refractivity contribution in [3.05, 3.63) is 58.6 Å². The fourth-order valence-corrected chi connectivity index (χ4v) is 4.93. The largest absolute Gasteiger partial charge is 0.298 e. The van der Waals surface area contributed by atoms with Crippen LogP contribution in [0.25, 0.3) is 17.1 Å². The van der Waals surface area contributed by atoms with Gasteiger partial charge in [-0.05, 0) is 56.0 Å². The fourth-order valence-electron chi connectivity index (χ4n) is 3.54. The maximum Gasteiger partial charge on any atom is 0.196 e. The first kappa shape index (κ1) is 19.2. The first-order chi connectivity index (χ1) is 13.5. The maximum atomic E-state index is 12.4. The van der Waals surface area contributed by atoms with Crippen molar-refractivity contribution in [2.45, 2.75) is 49.9 Å². The highest BCUT2D eigenvalue weighted by atomic mass is 35.5. The van der Waals surface area contributed by atoms with Gasteiger partial charge in [-0.25, -0.2) is 0 Å². The van der Waals surface area contributed by atoms with Gasteiger partial charge in [0.2, 0.25) is 0 Å².